The van der Waals surface area contributed by atoms with Crippen LogP contribution in [0.4, 0.5) is 11.5 Å². The van der Waals surface area contributed by atoms with Gasteiger partial charge in [0.25, 0.3) is 5.82 Å². The summed E-state index contributed by atoms with van der Waals surface area (Å²) in [7, 11) is 0. The number of rotatable bonds is 0. The van der Waals surface area contributed by atoms with Crippen LogP contribution >= 0.6 is 0 Å². The van der Waals surface area contributed by atoms with Crippen molar-refractivity contribution in [3.05, 3.63) is 29.2 Å². The predicted molar refractivity (Wildman–Crippen MR) is 39.6 cm³/mol. The van der Waals surface area contributed by atoms with Gasteiger partial charge in [0.05, 0.1) is 5.69 Å². The van der Waals surface area contributed by atoms with Gasteiger partial charge < -0.3 is 10.6 Å². The van der Waals surface area contributed by atoms with Crippen molar-refractivity contribution < 1.29 is 0 Å². The maximum Gasteiger partial charge on any atom is 0.272 e. The van der Waals surface area contributed by atoms with Gasteiger partial charge in [-0.05, 0) is 18.6 Å². The van der Waals surface area contributed by atoms with E-state index in [9.17, 15) is 0 Å². The lowest BCUT2D eigenvalue weighted by atomic mass is 10.3. The molecule has 0 saturated carbocycles. The first-order chi connectivity index (χ1) is 4.74. The number of anilines is 1. The molecule has 3 heteroatoms. The van der Waals surface area contributed by atoms with Crippen LogP contribution in [0, 0.1) is 13.5 Å². The maximum atomic E-state index is 6.68. The second-order valence-corrected chi connectivity index (χ2v) is 2.02. The Hall–Kier alpha value is -1.56. The van der Waals surface area contributed by atoms with E-state index in [1.54, 1.807) is 6.07 Å². The quantitative estimate of drug-likeness (QED) is 0.545. The van der Waals surface area contributed by atoms with Gasteiger partial charge in [0, 0.05) is 0 Å². The van der Waals surface area contributed by atoms with Crippen LogP contribution in [0.15, 0.2) is 12.3 Å². The van der Waals surface area contributed by atoms with Crippen LogP contribution in [0.2, 0.25) is 0 Å². The number of hydrogen-bond donors (Lipinski definition) is 1. The normalized spacial score (nSPS) is 8.80. The van der Waals surface area contributed by atoms with E-state index < -0.39 is 0 Å². The zero-order chi connectivity index (χ0) is 7.56. The zero-order valence-electron chi connectivity index (χ0n) is 5.63. The Morgan fingerprint density at radius 1 is 1.70 bits per heavy atom. The Bertz CT molecular complexity index is 285. The lowest BCUT2D eigenvalue weighted by molar-refractivity contribution is 1.30. The van der Waals surface area contributed by atoms with Gasteiger partial charge in [-0.15, -0.1) is 4.98 Å². The van der Waals surface area contributed by atoms with Crippen LogP contribution in [0.5, 0.6) is 0 Å². The minimum atomic E-state index is 0.425. The largest absolute Gasteiger partial charge is 0.396 e. The zero-order valence-corrected chi connectivity index (χ0v) is 5.63. The van der Waals surface area contributed by atoms with Gasteiger partial charge in [0.1, 0.15) is 6.20 Å². The summed E-state index contributed by atoms with van der Waals surface area (Å²) in [6.45, 7) is 8.49. The predicted octanol–water partition coefficient (Wildman–Crippen LogP) is 1.52. The molecule has 0 aliphatic rings. The van der Waals surface area contributed by atoms with Crippen LogP contribution in [-0.2, 0) is 0 Å². The fourth-order valence-corrected chi connectivity index (χ4v) is 0.706. The summed E-state index contributed by atoms with van der Waals surface area (Å²) < 4.78 is 0. The lowest BCUT2D eigenvalue weighted by Crippen LogP contribution is -1.86. The third-order valence-electron chi connectivity index (χ3n) is 1.18. The molecule has 1 rings (SSSR count). The molecule has 50 valence electrons. The van der Waals surface area contributed by atoms with Gasteiger partial charge >= 0.3 is 0 Å². The highest BCUT2D eigenvalue weighted by Gasteiger charge is 1.97. The Balaban J connectivity index is 3.23. The van der Waals surface area contributed by atoms with Gasteiger partial charge in [-0.3, -0.25) is 0 Å². The fourth-order valence-electron chi connectivity index (χ4n) is 0.706. The summed E-state index contributed by atoms with van der Waals surface area (Å²) in [5, 5.41) is 0. The number of nitrogens with zero attached hydrogens (tertiary/aromatic N) is 2. The van der Waals surface area contributed by atoms with E-state index >= 15 is 0 Å². The highest BCUT2D eigenvalue weighted by molar-refractivity contribution is 5.51. The lowest BCUT2D eigenvalue weighted by Gasteiger charge is -1.94. The Morgan fingerprint density at radius 2 is 2.40 bits per heavy atom. The Morgan fingerprint density at radius 3 is 2.90 bits per heavy atom. The number of nitrogen functional groups attached to an aromatic ring is 1. The van der Waals surface area contributed by atoms with Crippen molar-refractivity contribution in [1.29, 1.82) is 0 Å². The van der Waals surface area contributed by atoms with Gasteiger partial charge in [-0.1, -0.05) is 6.57 Å². The maximum absolute atomic E-state index is 6.68. The molecule has 0 fully saturated rings. The molecule has 1 heterocycles. The summed E-state index contributed by atoms with van der Waals surface area (Å²) >= 11 is 0. The third kappa shape index (κ3) is 1.06. The molecule has 0 aliphatic heterocycles. The molecule has 0 aliphatic carbocycles. The average molecular weight is 133 g/mol. The van der Waals surface area contributed by atoms with E-state index in [-0.39, 0.29) is 0 Å². The van der Waals surface area contributed by atoms with E-state index in [1.165, 1.54) is 6.20 Å². The van der Waals surface area contributed by atoms with E-state index in [0.717, 1.165) is 5.56 Å². The van der Waals surface area contributed by atoms with Gasteiger partial charge in [0.2, 0.25) is 0 Å². The Labute approximate surface area is 59.3 Å². The molecular weight excluding hydrogens is 126 g/mol. The minimum Gasteiger partial charge on any atom is -0.396 e. The van der Waals surface area contributed by atoms with Crippen molar-refractivity contribution in [2.75, 3.05) is 5.73 Å². The second kappa shape index (κ2) is 2.36. The summed E-state index contributed by atoms with van der Waals surface area (Å²) in [6, 6.07) is 1.74. The molecule has 0 unspecified atom stereocenters. The van der Waals surface area contributed by atoms with Crippen molar-refractivity contribution in [1.82, 2.24) is 4.98 Å². The third-order valence-corrected chi connectivity index (χ3v) is 1.18. The molecule has 1 aromatic heterocycles. The summed E-state index contributed by atoms with van der Waals surface area (Å²) in [6.07, 6.45) is 1.49. The van der Waals surface area contributed by atoms with Crippen molar-refractivity contribution >= 4 is 11.5 Å². The molecule has 3 nitrogen and oxygen atoms in total. The summed E-state index contributed by atoms with van der Waals surface area (Å²) in [5.74, 6) is 0.425. The topological polar surface area (TPSA) is 43.3 Å². The molecule has 1 aromatic rings. The first-order valence-corrected chi connectivity index (χ1v) is 2.83. The number of aromatic nitrogens is 1. The summed E-state index contributed by atoms with van der Waals surface area (Å²) in [5.41, 5.74) is 6.85. The van der Waals surface area contributed by atoms with Crippen LogP contribution in [0.3, 0.4) is 0 Å². The van der Waals surface area contributed by atoms with E-state index in [0.29, 0.717) is 11.5 Å². The van der Waals surface area contributed by atoms with E-state index in [4.69, 9.17) is 12.3 Å². The molecule has 0 spiro atoms. The van der Waals surface area contributed by atoms with Gasteiger partial charge in [-0.2, -0.15) is 0 Å². The molecular formula is C7H7N3. The number of hydrogen-bond acceptors (Lipinski definition) is 2. The number of nitrogens with two attached hydrogens (primary N) is 1. The number of pyridine rings is 1. The molecule has 0 saturated heterocycles. The SMILES string of the molecule is [C-]#[N+]c1ncc(N)cc1C. The van der Waals surface area contributed by atoms with Gasteiger partial charge in [0.15, 0.2) is 0 Å². The van der Waals surface area contributed by atoms with E-state index in [1.807, 2.05) is 6.92 Å². The molecule has 2 N–H and O–H groups in total. The first-order valence-electron chi connectivity index (χ1n) is 2.83. The van der Waals surface area contributed by atoms with Crippen molar-refractivity contribution in [2.45, 2.75) is 6.92 Å². The van der Waals surface area contributed by atoms with Gasteiger partial charge in [-0.25, -0.2) is 0 Å². The van der Waals surface area contributed by atoms with Crippen LogP contribution in [0.1, 0.15) is 5.56 Å². The molecule has 0 amide bonds. The standard InChI is InChI=1S/C7H7N3/c1-5-3-6(8)4-10-7(5)9-2/h3-4H,8H2,1H3. The molecule has 0 aromatic carbocycles. The average Bonchev–Trinajstić information content (AvgIpc) is 1.88. The second-order valence-electron chi connectivity index (χ2n) is 2.02. The first kappa shape index (κ1) is 6.56. The monoisotopic (exact) mass is 133 g/mol. The van der Waals surface area contributed by atoms with Crippen LogP contribution in [-0.4, -0.2) is 4.98 Å². The summed E-state index contributed by atoms with van der Waals surface area (Å²) in [4.78, 5) is 7.01. The molecule has 0 radical (unpaired) electrons. The highest BCUT2D eigenvalue weighted by atomic mass is 14.9. The molecule has 10 heavy (non-hydrogen) atoms. The smallest absolute Gasteiger partial charge is 0.272 e. The van der Waals surface area contributed by atoms with Crippen molar-refractivity contribution in [2.24, 2.45) is 0 Å². The number of aryl methyl sites for hydroxylation is 1. The molecule has 0 atom stereocenters. The van der Waals surface area contributed by atoms with Crippen LogP contribution < -0.4 is 5.73 Å². The molecule has 0 bridgehead atoms. The highest BCUT2D eigenvalue weighted by Crippen LogP contribution is 2.15. The van der Waals surface area contributed by atoms with Crippen molar-refractivity contribution in [3.8, 4) is 0 Å². The van der Waals surface area contributed by atoms with Crippen LogP contribution in [0.25, 0.3) is 4.85 Å². The minimum absolute atomic E-state index is 0.425. The van der Waals surface area contributed by atoms with Crippen molar-refractivity contribution in [3.63, 3.8) is 0 Å². The van der Waals surface area contributed by atoms with E-state index in [2.05, 4.69) is 9.83 Å². The Kier molecular flexibility index (Phi) is 1.55. The fraction of sp³-hybridized carbons (Fsp3) is 0.143.